The van der Waals surface area contributed by atoms with Crippen LogP contribution in [-0.4, -0.2) is 31.5 Å². The second-order valence-corrected chi connectivity index (χ2v) is 7.62. The first-order valence-corrected chi connectivity index (χ1v) is 9.00. The van der Waals surface area contributed by atoms with Crippen molar-refractivity contribution in [2.75, 3.05) is 18.6 Å². The molecule has 1 N–H and O–H groups in total. The number of aryl methyl sites for hydroxylation is 1. The second kappa shape index (κ2) is 6.16. The van der Waals surface area contributed by atoms with Crippen molar-refractivity contribution < 1.29 is 8.42 Å². The van der Waals surface area contributed by atoms with Crippen LogP contribution in [-0.2, 0) is 22.9 Å². The van der Waals surface area contributed by atoms with Crippen molar-refractivity contribution in [1.82, 2.24) is 9.88 Å². The molecule has 0 aliphatic carbocycles. The molecule has 2 rings (SSSR count). The first-order chi connectivity index (χ1) is 9.40. The maximum Gasteiger partial charge on any atom is 0.149 e. The fourth-order valence-electron chi connectivity index (χ4n) is 2.19. The molecule has 4 nitrogen and oxygen atoms in total. The number of sulfone groups is 1. The van der Waals surface area contributed by atoms with E-state index >= 15 is 0 Å². The van der Waals surface area contributed by atoms with Crippen molar-refractivity contribution in [2.24, 2.45) is 0 Å². The Balaban J connectivity index is 2.39. The first-order valence-electron chi connectivity index (χ1n) is 6.56. The topological polar surface area (TPSA) is 51.1 Å². The molecule has 0 spiro atoms. The van der Waals surface area contributed by atoms with Crippen molar-refractivity contribution in [2.45, 2.75) is 20.0 Å². The third-order valence-corrected chi connectivity index (χ3v) is 4.35. The van der Waals surface area contributed by atoms with Gasteiger partial charge in [0.2, 0.25) is 0 Å². The molecule has 0 fully saturated rings. The lowest BCUT2D eigenvalue weighted by molar-refractivity contribution is 0.595. The van der Waals surface area contributed by atoms with Crippen molar-refractivity contribution in [3.8, 4) is 0 Å². The molecule has 1 aromatic heterocycles. The van der Waals surface area contributed by atoms with Crippen molar-refractivity contribution in [3.63, 3.8) is 0 Å². The van der Waals surface area contributed by atoms with E-state index in [1.807, 2.05) is 29.0 Å². The number of nitrogens with zero attached hydrogens (tertiary/aromatic N) is 1. The zero-order valence-electron chi connectivity index (χ0n) is 11.7. The summed E-state index contributed by atoms with van der Waals surface area (Å²) in [4.78, 5) is 0. The summed E-state index contributed by atoms with van der Waals surface area (Å²) in [6.07, 6.45) is 3.26. The van der Waals surface area contributed by atoms with E-state index in [1.165, 1.54) is 6.26 Å². The van der Waals surface area contributed by atoms with Crippen LogP contribution in [0.25, 0.3) is 10.9 Å². The Morgan fingerprint density at radius 3 is 2.75 bits per heavy atom. The molecule has 1 aromatic carbocycles. The minimum Gasteiger partial charge on any atom is -0.346 e. The van der Waals surface area contributed by atoms with Crippen molar-refractivity contribution in [3.05, 3.63) is 35.0 Å². The number of fused-ring (bicyclic) bond motifs is 1. The molecule has 20 heavy (non-hydrogen) atoms. The zero-order valence-corrected chi connectivity index (χ0v) is 13.3. The van der Waals surface area contributed by atoms with E-state index in [-0.39, 0.29) is 5.75 Å². The highest BCUT2D eigenvalue weighted by Gasteiger charge is 2.10. The van der Waals surface area contributed by atoms with Gasteiger partial charge in [0.1, 0.15) is 9.84 Å². The van der Waals surface area contributed by atoms with E-state index in [4.69, 9.17) is 11.6 Å². The standard InChI is InChI=1S/C14H19ClN2O2S/c1-3-16-9-11-10-17(6-7-20(2,18)19)14-8-12(15)4-5-13(11)14/h4-5,8,10,16H,3,6-7,9H2,1-2H3. The van der Waals surface area contributed by atoms with Gasteiger partial charge in [-0.2, -0.15) is 0 Å². The number of hydrogen-bond acceptors (Lipinski definition) is 3. The number of hydrogen-bond donors (Lipinski definition) is 1. The van der Waals surface area contributed by atoms with Crippen LogP contribution in [0.3, 0.4) is 0 Å². The van der Waals surface area contributed by atoms with Crippen LogP contribution in [0.2, 0.25) is 5.02 Å². The highest BCUT2D eigenvalue weighted by molar-refractivity contribution is 7.90. The number of rotatable bonds is 6. The summed E-state index contributed by atoms with van der Waals surface area (Å²) >= 11 is 6.05. The average Bonchev–Trinajstić information content (AvgIpc) is 2.70. The quantitative estimate of drug-likeness (QED) is 0.891. The van der Waals surface area contributed by atoms with Crippen molar-refractivity contribution in [1.29, 1.82) is 0 Å². The molecular weight excluding hydrogens is 296 g/mol. The molecule has 6 heteroatoms. The normalized spacial score (nSPS) is 12.2. The zero-order chi connectivity index (χ0) is 14.8. The van der Waals surface area contributed by atoms with Gasteiger partial charge in [0.25, 0.3) is 0 Å². The molecule has 0 unspecified atom stereocenters. The number of benzene rings is 1. The fraction of sp³-hybridized carbons (Fsp3) is 0.429. The third kappa shape index (κ3) is 3.75. The van der Waals surface area contributed by atoms with Gasteiger partial charge in [-0.1, -0.05) is 24.6 Å². The maximum absolute atomic E-state index is 11.3. The molecule has 110 valence electrons. The first kappa shape index (κ1) is 15.4. The summed E-state index contributed by atoms with van der Waals surface area (Å²) in [6, 6.07) is 5.73. The van der Waals surface area contributed by atoms with Crippen LogP contribution in [0.4, 0.5) is 0 Å². The minimum atomic E-state index is -2.98. The molecule has 0 amide bonds. The van der Waals surface area contributed by atoms with Gasteiger partial charge < -0.3 is 9.88 Å². The lowest BCUT2D eigenvalue weighted by Crippen LogP contribution is -2.12. The van der Waals surface area contributed by atoms with Crippen LogP contribution in [0.15, 0.2) is 24.4 Å². The second-order valence-electron chi connectivity index (χ2n) is 4.92. The molecule has 2 aromatic rings. The fourth-order valence-corrected chi connectivity index (χ4v) is 2.89. The van der Waals surface area contributed by atoms with Gasteiger partial charge in [-0.25, -0.2) is 8.42 Å². The lowest BCUT2D eigenvalue weighted by atomic mass is 10.2. The van der Waals surface area contributed by atoms with Crippen LogP contribution in [0.5, 0.6) is 0 Å². The largest absolute Gasteiger partial charge is 0.346 e. The third-order valence-electron chi connectivity index (χ3n) is 3.20. The van der Waals surface area contributed by atoms with E-state index < -0.39 is 9.84 Å². The summed E-state index contributed by atoms with van der Waals surface area (Å²) in [5.74, 6) is 0.129. The monoisotopic (exact) mass is 314 g/mol. The molecule has 0 bridgehead atoms. The molecule has 0 aliphatic heterocycles. The van der Waals surface area contributed by atoms with Gasteiger partial charge in [-0.15, -0.1) is 0 Å². The van der Waals surface area contributed by atoms with E-state index in [0.717, 1.165) is 29.6 Å². The van der Waals surface area contributed by atoms with E-state index in [0.29, 0.717) is 11.6 Å². The van der Waals surface area contributed by atoms with Crippen LogP contribution < -0.4 is 5.32 Å². The summed E-state index contributed by atoms with van der Waals surface area (Å²) in [5, 5.41) is 5.07. The average molecular weight is 315 g/mol. The van der Waals surface area contributed by atoms with Gasteiger partial charge in [-0.05, 0) is 24.2 Å². The van der Waals surface area contributed by atoms with Gasteiger partial charge >= 0.3 is 0 Å². The summed E-state index contributed by atoms with van der Waals surface area (Å²) < 4.78 is 24.6. The molecule has 0 saturated carbocycles. The van der Waals surface area contributed by atoms with Gasteiger partial charge in [0.15, 0.2) is 0 Å². The summed E-state index contributed by atoms with van der Waals surface area (Å²) in [5.41, 5.74) is 2.14. The predicted molar refractivity (Wildman–Crippen MR) is 84.0 cm³/mol. The van der Waals surface area contributed by atoms with Crippen LogP contribution >= 0.6 is 11.6 Å². The number of halogens is 1. The predicted octanol–water partition coefficient (Wildman–Crippen LogP) is 2.45. The Morgan fingerprint density at radius 2 is 2.10 bits per heavy atom. The van der Waals surface area contributed by atoms with Gasteiger partial charge in [0, 0.05) is 41.5 Å². The van der Waals surface area contributed by atoms with Crippen LogP contribution in [0.1, 0.15) is 12.5 Å². The number of nitrogens with one attached hydrogen (secondary N) is 1. The molecular formula is C14H19ClN2O2S. The van der Waals surface area contributed by atoms with E-state index in [2.05, 4.69) is 12.2 Å². The summed E-state index contributed by atoms with van der Waals surface area (Å²) in [6.45, 7) is 4.16. The Hall–Kier alpha value is -1.04. The molecule has 0 aliphatic rings. The smallest absolute Gasteiger partial charge is 0.149 e. The minimum absolute atomic E-state index is 0.129. The molecule has 1 heterocycles. The van der Waals surface area contributed by atoms with Crippen molar-refractivity contribution >= 4 is 32.3 Å². The summed E-state index contributed by atoms with van der Waals surface area (Å²) in [7, 11) is -2.98. The van der Waals surface area contributed by atoms with Gasteiger partial charge in [0.05, 0.1) is 5.75 Å². The lowest BCUT2D eigenvalue weighted by Gasteiger charge is -2.04. The molecule has 0 radical (unpaired) electrons. The maximum atomic E-state index is 11.3. The van der Waals surface area contributed by atoms with E-state index in [1.54, 1.807) is 0 Å². The van der Waals surface area contributed by atoms with Gasteiger partial charge in [-0.3, -0.25) is 0 Å². The highest BCUT2D eigenvalue weighted by Crippen LogP contribution is 2.25. The SMILES string of the molecule is CCNCc1cn(CCS(C)(=O)=O)c2cc(Cl)ccc12. The Kier molecular flexibility index (Phi) is 4.73. The molecule has 0 atom stereocenters. The Bertz CT molecular complexity index is 707. The highest BCUT2D eigenvalue weighted by atomic mass is 35.5. The molecule has 0 saturated heterocycles. The Morgan fingerprint density at radius 1 is 1.35 bits per heavy atom. The Labute approximate surface area is 124 Å². The van der Waals surface area contributed by atoms with E-state index in [9.17, 15) is 8.42 Å². The van der Waals surface area contributed by atoms with Crippen LogP contribution in [0, 0.1) is 0 Å². The number of aromatic nitrogens is 1.